The summed E-state index contributed by atoms with van der Waals surface area (Å²) in [7, 11) is 0. The van der Waals surface area contributed by atoms with E-state index in [1.54, 1.807) is 6.92 Å². The Hall–Kier alpha value is -1.65. The number of esters is 2. The van der Waals surface area contributed by atoms with Crippen molar-refractivity contribution >= 4 is 17.7 Å². The van der Waals surface area contributed by atoms with Gasteiger partial charge in [-0.3, -0.25) is 14.6 Å². The van der Waals surface area contributed by atoms with Gasteiger partial charge in [-0.1, -0.05) is 39.3 Å². The first-order valence-electron chi connectivity index (χ1n) is 14.6. The van der Waals surface area contributed by atoms with Crippen LogP contribution in [0.1, 0.15) is 99.3 Å². The van der Waals surface area contributed by atoms with E-state index in [1.165, 1.54) is 37.5 Å². The van der Waals surface area contributed by atoms with E-state index in [0.29, 0.717) is 35.5 Å². The normalized spacial score (nSPS) is 44.8. The van der Waals surface area contributed by atoms with Gasteiger partial charge in [0.05, 0.1) is 0 Å². The molecular weight excluding hydrogens is 450 g/mol. The lowest BCUT2D eigenvalue weighted by molar-refractivity contribution is -0.150. The maximum atomic E-state index is 12.2. The molecule has 0 amide bonds. The fraction of sp³-hybridized carbons (Fsp3) is 0.839. The van der Waals surface area contributed by atoms with Gasteiger partial charge in [0.25, 0.3) is 0 Å². The van der Waals surface area contributed by atoms with Gasteiger partial charge in [-0.25, -0.2) is 0 Å². The Morgan fingerprint density at radius 1 is 1.06 bits per heavy atom. The number of ether oxygens (including phenoxy) is 2. The summed E-state index contributed by atoms with van der Waals surface area (Å²) in [6.07, 6.45) is 12.3. The minimum absolute atomic E-state index is 0.00816. The van der Waals surface area contributed by atoms with Crippen molar-refractivity contribution in [2.75, 3.05) is 6.54 Å². The predicted molar refractivity (Wildman–Crippen MR) is 142 cm³/mol. The molecule has 0 aromatic rings. The van der Waals surface area contributed by atoms with Crippen molar-refractivity contribution in [2.45, 2.75) is 112 Å². The van der Waals surface area contributed by atoms with Crippen LogP contribution in [-0.4, -0.2) is 36.4 Å². The van der Waals surface area contributed by atoms with E-state index >= 15 is 0 Å². The number of rotatable bonds is 4. The molecule has 0 radical (unpaired) electrons. The molecule has 3 fully saturated rings. The Balaban J connectivity index is 1.43. The Morgan fingerprint density at radius 3 is 2.47 bits per heavy atom. The quantitative estimate of drug-likeness (QED) is 0.326. The molecule has 0 N–H and O–H groups in total. The first-order chi connectivity index (χ1) is 17.0. The van der Waals surface area contributed by atoms with Gasteiger partial charge in [-0.2, -0.15) is 0 Å². The number of aliphatic imine (C=N–C) groups is 1. The molecule has 10 atom stereocenters. The summed E-state index contributed by atoms with van der Waals surface area (Å²) in [6, 6.07) is 0. The van der Waals surface area contributed by atoms with E-state index in [2.05, 4.69) is 33.8 Å². The highest BCUT2D eigenvalue weighted by molar-refractivity contribution is 5.87. The highest BCUT2D eigenvalue weighted by Crippen LogP contribution is 2.67. The molecule has 4 aliphatic carbocycles. The van der Waals surface area contributed by atoms with Crippen LogP contribution in [0.5, 0.6) is 0 Å². The van der Waals surface area contributed by atoms with Crippen LogP contribution >= 0.6 is 0 Å². The molecule has 36 heavy (non-hydrogen) atoms. The molecule has 5 rings (SSSR count). The first-order valence-corrected chi connectivity index (χ1v) is 14.6. The van der Waals surface area contributed by atoms with Crippen molar-refractivity contribution in [3.05, 3.63) is 11.6 Å². The number of nitrogens with zero attached hydrogens (tertiary/aromatic N) is 1. The van der Waals surface area contributed by atoms with E-state index in [1.807, 2.05) is 0 Å². The number of carbonyl (C=O) groups is 2. The summed E-state index contributed by atoms with van der Waals surface area (Å²) < 4.78 is 11.7. The smallest absolute Gasteiger partial charge is 0.302 e. The lowest BCUT2D eigenvalue weighted by Gasteiger charge is -2.58. The summed E-state index contributed by atoms with van der Waals surface area (Å²) >= 11 is 0. The third-order valence-electron chi connectivity index (χ3n) is 11.4. The second kappa shape index (κ2) is 9.58. The largest absolute Gasteiger partial charge is 0.462 e. The predicted octanol–water partition coefficient (Wildman–Crippen LogP) is 6.55. The summed E-state index contributed by atoms with van der Waals surface area (Å²) in [5.74, 6) is 2.93. The van der Waals surface area contributed by atoms with Gasteiger partial charge in [0.1, 0.15) is 12.2 Å². The molecule has 1 aliphatic heterocycles. The Kier molecular flexibility index (Phi) is 6.91. The lowest BCUT2D eigenvalue weighted by Crippen LogP contribution is -2.51. The molecule has 1 heterocycles. The Morgan fingerprint density at radius 2 is 1.81 bits per heavy atom. The second-order valence-electron chi connectivity index (χ2n) is 13.5. The Bertz CT molecular complexity index is 954. The van der Waals surface area contributed by atoms with Crippen LogP contribution in [0.25, 0.3) is 0 Å². The van der Waals surface area contributed by atoms with E-state index in [9.17, 15) is 9.59 Å². The van der Waals surface area contributed by atoms with Crippen molar-refractivity contribution in [1.82, 2.24) is 0 Å². The minimum atomic E-state index is -0.161. The number of carbonyl (C=O) groups excluding carboxylic acids is 2. The molecule has 0 bridgehead atoms. The average Bonchev–Trinajstić information content (AvgIpc) is 3.10. The van der Waals surface area contributed by atoms with Crippen LogP contribution in [0.4, 0.5) is 0 Å². The summed E-state index contributed by atoms with van der Waals surface area (Å²) in [4.78, 5) is 28.8. The number of hydrogen-bond donors (Lipinski definition) is 0. The zero-order chi connectivity index (χ0) is 25.8. The van der Waals surface area contributed by atoms with Crippen LogP contribution in [0.3, 0.4) is 0 Å². The van der Waals surface area contributed by atoms with Gasteiger partial charge in [0.15, 0.2) is 0 Å². The van der Waals surface area contributed by atoms with E-state index < -0.39 is 0 Å². The van der Waals surface area contributed by atoms with Gasteiger partial charge >= 0.3 is 11.9 Å². The van der Waals surface area contributed by atoms with E-state index in [-0.39, 0.29) is 35.0 Å². The number of hydrogen-bond acceptors (Lipinski definition) is 5. The van der Waals surface area contributed by atoms with E-state index in [4.69, 9.17) is 14.5 Å². The molecule has 0 unspecified atom stereocenters. The number of allylic oxidation sites excluding steroid dienone is 1. The van der Waals surface area contributed by atoms with Crippen LogP contribution in [0, 0.1) is 46.3 Å². The van der Waals surface area contributed by atoms with Gasteiger partial charge in [-0.05, 0) is 85.9 Å². The highest BCUT2D eigenvalue weighted by Gasteiger charge is 2.63. The fourth-order valence-corrected chi connectivity index (χ4v) is 9.63. The molecule has 3 saturated carbocycles. The van der Waals surface area contributed by atoms with Crippen LogP contribution in [0.15, 0.2) is 16.6 Å². The molecule has 5 nitrogen and oxygen atoms in total. The molecule has 0 aromatic heterocycles. The maximum Gasteiger partial charge on any atom is 0.302 e. The third kappa shape index (κ3) is 4.36. The van der Waals surface area contributed by atoms with Crippen LogP contribution in [0.2, 0.25) is 0 Å². The standard InChI is InChI=1S/C31H47NO4/c1-18-7-10-27(32-17-18)19(2)29-28(36-21(4)34)16-26-24-9-8-22-15-23(35-20(3)33)11-13-30(22,5)25(24)12-14-31(26,29)6/h8,18-19,23-26,28-29H,7,9-17H2,1-6H3/t18-,19-,23-,24+,25+,26+,28+,29+,30+,31+/m1/s1. The molecule has 0 saturated heterocycles. The van der Waals surface area contributed by atoms with Crippen molar-refractivity contribution in [3.63, 3.8) is 0 Å². The Labute approximate surface area is 217 Å². The topological polar surface area (TPSA) is 65.0 Å². The summed E-state index contributed by atoms with van der Waals surface area (Å²) in [5.41, 5.74) is 3.25. The molecule has 200 valence electrons. The lowest BCUT2D eigenvalue weighted by atomic mass is 9.47. The molecule has 0 spiro atoms. The van der Waals surface area contributed by atoms with Crippen molar-refractivity contribution in [2.24, 2.45) is 51.3 Å². The first kappa shape index (κ1) is 26.0. The van der Waals surface area contributed by atoms with Crippen molar-refractivity contribution in [3.8, 4) is 0 Å². The van der Waals surface area contributed by atoms with Crippen LogP contribution < -0.4 is 0 Å². The van der Waals surface area contributed by atoms with Crippen LogP contribution in [-0.2, 0) is 19.1 Å². The SMILES string of the molecule is CC(=O)O[C@@H]1CC[C@@]2(C)C(=CC[C@@H]3[C@@H]4C[C@H](OC(C)=O)[C@H]([C@H](C)C5=NC[C@H](C)CC5)[C@@]4(C)CC[C@@H]32)C1. The van der Waals surface area contributed by atoms with Gasteiger partial charge in [-0.15, -0.1) is 0 Å². The minimum Gasteiger partial charge on any atom is -0.462 e. The zero-order valence-electron chi connectivity index (χ0n) is 23.3. The number of fused-ring (bicyclic) bond motifs is 5. The van der Waals surface area contributed by atoms with Crippen molar-refractivity contribution in [1.29, 1.82) is 0 Å². The van der Waals surface area contributed by atoms with Gasteiger partial charge in [0.2, 0.25) is 0 Å². The maximum absolute atomic E-state index is 12.2. The van der Waals surface area contributed by atoms with Gasteiger partial charge < -0.3 is 9.47 Å². The van der Waals surface area contributed by atoms with Gasteiger partial charge in [0, 0.05) is 44.4 Å². The van der Waals surface area contributed by atoms with Crippen molar-refractivity contribution < 1.29 is 19.1 Å². The molecule has 5 aliphatic rings. The average molecular weight is 498 g/mol. The molecular formula is C31H47NO4. The van der Waals surface area contributed by atoms with E-state index in [0.717, 1.165) is 45.1 Å². The fourth-order valence-electron chi connectivity index (χ4n) is 9.63. The molecule has 5 heteroatoms. The monoisotopic (exact) mass is 497 g/mol. The summed E-state index contributed by atoms with van der Waals surface area (Å²) in [5, 5.41) is 0. The third-order valence-corrected chi connectivity index (χ3v) is 11.4. The highest BCUT2D eigenvalue weighted by atomic mass is 16.5. The molecule has 0 aromatic carbocycles. The second-order valence-corrected chi connectivity index (χ2v) is 13.5. The zero-order valence-corrected chi connectivity index (χ0v) is 23.3. The summed E-state index contributed by atoms with van der Waals surface area (Å²) in [6.45, 7) is 13.7.